The lowest BCUT2D eigenvalue weighted by atomic mass is 10.1. The fourth-order valence-electron chi connectivity index (χ4n) is 2.55. The molecule has 0 aromatic heterocycles. The van der Waals surface area contributed by atoms with Crippen LogP contribution in [0.15, 0.2) is 41.5 Å². The Labute approximate surface area is 155 Å². The van der Waals surface area contributed by atoms with E-state index in [1.807, 2.05) is 4.90 Å². The highest BCUT2D eigenvalue weighted by Gasteiger charge is 2.24. The molecule has 0 aliphatic carbocycles. The molecule has 0 spiro atoms. The summed E-state index contributed by atoms with van der Waals surface area (Å²) in [6.07, 6.45) is 3.63. The number of hydrogen-bond donors (Lipinski definition) is 1. The van der Waals surface area contributed by atoms with Crippen LogP contribution in [0.5, 0.6) is 5.75 Å². The number of aldehydes is 1. The van der Waals surface area contributed by atoms with Crippen molar-refractivity contribution < 1.29 is 24.0 Å². The molecule has 1 aliphatic rings. The largest absolute Gasteiger partial charge is 0.514 e. The van der Waals surface area contributed by atoms with Crippen molar-refractivity contribution in [2.45, 2.75) is 18.9 Å². The Morgan fingerprint density at radius 2 is 2.00 bits per heavy atom. The zero-order chi connectivity index (χ0) is 19.6. The number of carbonyl (C=O) groups excluding carboxylic acids is 2. The molecule has 0 saturated carbocycles. The molecule has 1 aromatic carbocycles. The van der Waals surface area contributed by atoms with E-state index >= 15 is 0 Å². The minimum atomic E-state index is -0.854. The summed E-state index contributed by atoms with van der Waals surface area (Å²) in [7, 11) is 1.67. The van der Waals surface area contributed by atoms with E-state index in [1.54, 1.807) is 13.1 Å². The van der Waals surface area contributed by atoms with Crippen molar-refractivity contribution in [2.24, 2.45) is 5.10 Å². The summed E-state index contributed by atoms with van der Waals surface area (Å²) in [4.78, 5) is 34.4. The van der Waals surface area contributed by atoms with Gasteiger partial charge in [-0.05, 0) is 24.3 Å². The van der Waals surface area contributed by atoms with Crippen LogP contribution < -0.4 is 10.2 Å². The lowest BCUT2D eigenvalue weighted by Crippen LogP contribution is -2.41. The Bertz CT molecular complexity index is 723. The molecule has 0 unspecified atom stereocenters. The van der Waals surface area contributed by atoms with Gasteiger partial charge in [-0.25, -0.2) is 4.79 Å². The number of nitro groups is 1. The number of nitrogens with one attached hydrogen (secondary N) is 1. The molecule has 0 radical (unpaired) electrons. The first-order valence-electron chi connectivity index (χ1n) is 8.27. The average Bonchev–Trinajstić information content (AvgIpc) is 2.66. The van der Waals surface area contributed by atoms with Gasteiger partial charge in [-0.2, -0.15) is 5.10 Å². The Morgan fingerprint density at radius 1 is 1.33 bits per heavy atom. The second-order valence-electron chi connectivity index (χ2n) is 5.60. The summed E-state index contributed by atoms with van der Waals surface area (Å²) in [5.41, 5.74) is 2.60. The minimum absolute atomic E-state index is 0.0919. The second kappa shape index (κ2) is 9.90. The lowest BCUT2D eigenvalue weighted by molar-refractivity contribution is -0.384. The number of amidine groups is 1. The van der Waals surface area contributed by atoms with Crippen LogP contribution in [0, 0.1) is 10.1 Å². The Balaban J connectivity index is 1.83. The van der Waals surface area contributed by atoms with Gasteiger partial charge in [0.2, 0.25) is 0 Å². The highest BCUT2D eigenvalue weighted by molar-refractivity contribution is 5.95. The van der Waals surface area contributed by atoms with Gasteiger partial charge in [0.05, 0.1) is 4.92 Å². The molecule has 1 saturated heterocycles. The van der Waals surface area contributed by atoms with Crippen LogP contribution in [-0.4, -0.2) is 54.3 Å². The van der Waals surface area contributed by atoms with Gasteiger partial charge in [-0.15, -0.1) is 0 Å². The summed E-state index contributed by atoms with van der Waals surface area (Å²) in [5, 5.41) is 14.7. The summed E-state index contributed by atoms with van der Waals surface area (Å²) in [5.74, 6) is 0.794. The van der Waals surface area contributed by atoms with E-state index in [0.29, 0.717) is 38.1 Å². The molecule has 1 heterocycles. The standard InChI is InChI=1S/C17H20N4O6/c1-18-19-16(3-2-12-22)20-10-8-15(9-11-20)27-17(23)26-14-6-4-13(5-7-14)21(24)25/h2-7,12,15,18H,8-11H2,1H3/b3-2-,19-16+. The molecule has 1 aromatic rings. The Morgan fingerprint density at radius 3 is 2.56 bits per heavy atom. The molecular weight excluding hydrogens is 356 g/mol. The third-order valence-corrected chi connectivity index (χ3v) is 3.83. The lowest BCUT2D eigenvalue weighted by Gasteiger charge is -2.32. The number of piperidine rings is 1. The first-order chi connectivity index (χ1) is 13.0. The van der Waals surface area contributed by atoms with Crippen LogP contribution in [0.1, 0.15) is 12.8 Å². The summed E-state index contributed by atoms with van der Waals surface area (Å²) < 4.78 is 10.3. The third-order valence-electron chi connectivity index (χ3n) is 3.83. The van der Waals surface area contributed by atoms with E-state index in [2.05, 4.69) is 10.5 Å². The number of ether oxygens (including phenoxy) is 2. The van der Waals surface area contributed by atoms with Crippen molar-refractivity contribution in [3.8, 4) is 5.75 Å². The number of nitrogens with zero attached hydrogens (tertiary/aromatic N) is 3. The minimum Gasteiger partial charge on any atom is -0.431 e. The summed E-state index contributed by atoms with van der Waals surface area (Å²) in [6, 6.07) is 5.16. The summed E-state index contributed by atoms with van der Waals surface area (Å²) in [6.45, 7) is 1.19. The van der Waals surface area contributed by atoms with Gasteiger partial charge < -0.3 is 19.8 Å². The number of carbonyl (C=O) groups is 2. The van der Waals surface area contributed by atoms with Gasteiger partial charge >= 0.3 is 6.16 Å². The maximum absolute atomic E-state index is 11.9. The van der Waals surface area contributed by atoms with Gasteiger partial charge in [-0.3, -0.25) is 14.9 Å². The quantitative estimate of drug-likeness (QED) is 0.117. The number of hydrazone groups is 1. The number of nitro benzene ring substituents is 1. The van der Waals surface area contributed by atoms with Gasteiger partial charge in [0.25, 0.3) is 5.69 Å². The fourth-order valence-corrected chi connectivity index (χ4v) is 2.55. The number of non-ortho nitro benzene ring substituents is 1. The first kappa shape index (κ1) is 19.9. The predicted molar refractivity (Wildman–Crippen MR) is 96.5 cm³/mol. The number of rotatable bonds is 6. The molecule has 0 bridgehead atoms. The van der Waals surface area contributed by atoms with E-state index in [1.165, 1.54) is 30.3 Å². The van der Waals surface area contributed by atoms with Gasteiger partial charge in [0.1, 0.15) is 24.0 Å². The zero-order valence-corrected chi connectivity index (χ0v) is 14.7. The number of hydrogen-bond acceptors (Lipinski definition) is 8. The van der Waals surface area contributed by atoms with E-state index < -0.39 is 11.1 Å². The van der Waals surface area contributed by atoms with Crippen molar-refractivity contribution in [2.75, 3.05) is 20.1 Å². The highest BCUT2D eigenvalue weighted by Crippen LogP contribution is 2.19. The van der Waals surface area contributed by atoms with Crippen molar-refractivity contribution in [1.29, 1.82) is 0 Å². The van der Waals surface area contributed by atoms with E-state index in [4.69, 9.17) is 9.47 Å². The van der Waals surface area contributed by atoms with Crippen LogP contribution in [0.3, 0.4) is 0 Å². The van der Waals surface area contributed by atoms with E-state index in [9.17, 15) is 19.7 Å². The molecule has 27 heavy (non-hydrogen) atoms. The monoisotopic (exact) mass is 376 g/mol. The Hall–Kier alpha value is -3.43. The zero-order valence-electron chi connectivity index (χ0n) is 14.7. The molecule has 1 N–H and O–H groups in total. The molecule has 0 amide bonds. The first-order valence-corrected chi connectivity index (χ1v) is 8.27. The van der Waals surface area contributed by atoms with Crippen molar-refractivity contribution in [3.63, 3.8) is 0 Å². The van der Waals surface area contributed by atoms with Crippen molar-refractivity contribution >= 4 is 24.0 Å². The smallest absolute Gasteiger partial charge is 0.431 e. The van der Waals surface area contributed by atoms with E-state index in [0.717, 1.165) is 0 Å². The van der Waals surface area contributed by atoms with E-state index in [-0.39, 0.29) is 17.5 Å². The van der Waals surface area contributed by atoms with Crippen LogP contribution >= 0.6 is 0 Å². The normalized spacial score (nSPS) is 15.4. The number of benzene rings is 1. The molecule has 1 aliphatic heterocycles. The number of likely N-dealkylation sites (tertiary alicyclic amines) is 1. The highest BCUT2D eigenvalue weighted by atomic mass is 16.7. The van der Waals surface area contributed by atoms with Crippen LogP contribution in [0.2, 0.25) is 0 Å². The molecular formula is C17H20N4O6. The van der Waals surface area contributed by atoms with Gasteiger partial charge in [-0.1, -0.05) is 0 Å². The van der Waals surface area contributed by atoms with Crippen LogP contribution in [-0.2, 0) is 9.53 Å². The molecule has 2 rings (SSSR count). The maximum atomic E-state index is 11.9. The topological polar surface area (TPSA) is 123 Å². The molecule has 0 atom stereocenters. The predicted octanol–water partition coefficient (Wildman–Crippen LogP) is 1.86. The fraction of sp³-hybridized carbons (Fsp3) is 0.353. The second-order valence-corrected chi connectivity index (χ2v) is 5.60. The molecule has 1 fully saturated rings. The Kier molecular flexibility index (Phi) is 7.29. The van der Waals surface area contributed by atoms with Gasteiger partial charge in [0.15, 0.2) is 0 Å². The average molecular weight is 376 g/mol. The summed E-state index contributed by atoms with van der Waals surface area (Å²) >= 11 is 0. The van der Waals surface area contributed by atoms with Gasteiger partial charge in [0, 0.05) is 45.1 Å². The SMILES string of the molecule is CN/N=C(\C=C/C=O)N1CCC(OC(=O)Oc2ccc([N+](=O)[O-])cc2)CC1. The van der Waals surface area contributed by atoms with Crippen molar-refractivity contribution in [1.82, 2.24) is 10.3 Å². The van der Waals surface area contributed by atoms with Crippen LogP contribution in [0.25, 0.3) is 0 Å². The molecule has 10 heteroatoms. The molecule has 144 valence electrons. The maximum Gasteiger partial charge on any atom is 0.514 e. The molecule has 10 nitrogen and oxygen atoms in total. The van der Waals surface area contributed by atoms with Crippen LogP contribution in [0.4, 0.5) is 10.5 Å². The number of allylic oxidation sites excluding steroid dienone is 1. The third kappa shape index (κ3) is 6.10. The van der Waals surface area contributed by atoms with Crippen molar-refractivity contribution in [3.05, 3.63) is 46.5 Å².